The Bertz CT molecular complexity index is 1040. The molecule has 4 rings (SSSR count). The molecule has 39 heavy (non-hydrogen) atoms. The van der Waals surface area contributed by atoms with Crippen molar-refractivity contribution >= 4 is 15.9 Å². The van der Waals surface area contributed by atoms with Crippen molar-refractivity contribution in [3.05, 3.63) is 23.3 Å². The maximum Gasteiger partial charge on any atom is 0.243 e. The van der Waals surface area contributed by atoms with Crippen molar-refractivity contribution in [1.82, 2.24) is 14.5 Å². The summed E-state index contributed by atoms with van der Waals surface area (Å²) in [6.45, 7) is 11.4. The van der Waals surface area contributed by atoms with Crippen LogP contribution >= 0.6 is 0 Å². The van der Waals surface area contributed by atoms with Crippen LogP contribution in [0.25, 0.3) is 0 Å². The van der Waals surface area contributed by atoms with E-state index in [-0.39, 0.29) is 29.8 Å². The van der Waals surface area contributed by atoms with Gasteiger partial charge >= 0.3 is 0 Å². The first-order chi connectivity index (χ1) is 18.7. The lowest BCUT2D eigenvalue weighted by Gasteiger charge is -2.39. The van der Waals surface area contributed by atoms with Crippen LogP contribution in [0.2, 0.25) is 0 Å². The number of quaternary nitrogens is 1. The summed E-state index contributed by atoms with van der Waals surface area (Å²) in [5, 5.41) is 3.18. The van der Waals surface area contributed by atoms with Crippen molar-refractivity contribution in [2.24, 2.45) is 5.92 Å². The summed E-state index contributed by atoms with van der Waals surface area (Å²) in [4.78, 5) is 17.3. The zero-order valence-electron chi connectivity index (χ0n) is 24.3. The van der Waals surface area contributed by atoms with Crippen molar-refractivity contribution in [2.45, 2.75) is 75.8 Å². The molecule has 2 saturated heterocycles. The standard InChI is InChI=1S/C29H48N4O5S/c1-22-19-27(37-4)20-23(2)29(22)39(35,36)31(3)12-11-28(34)30-25-5-7-26(8-6-25)33-13-9-24(10-14-33)21-32-15-17-38-18-16-32/h19-20,24-26H,5-18,21H2,1-4H3,(H,30,34)/p+1. The number of nitrogens with zero attached hydrogens (tertiary/aromatic N) is 2. The number of carbonyl (C=O) groups is 1. The number of nitrogens with one attached hydrogen (secondary N) is 2. The van der Waals surface area contributed by atoms with E-state index in [1.54, 1.807) is 45.0 Å². The third-order valence-electron chi connectivity index (χ3n) is 9.03. The molecule has 1 amide bonds. The summed E-state index contributed by atoms with van der Waals surface area (Å²) < 4.78 is 38.5. The summed E-state index contributed by atoms with van der Waals surface area (Å²) in [5.41, 5.74) is 1.28. The molecule has 0 atom stereocenters. The first kappa shape index (κ1) is 30.2. The second-order valence-electron chi connectivity index (χ2n) is 11.8. The Labute approximate surface area is 235 Å². The second-order valence-corrected chi connectivity index (χ2v) is 13.8. The van der Waals surface area contributed by atoms with E-state index in [0.717, 1.165) is 57.9 Å². The number of amides is 1. The topological polar surface area (TPSA) is 92.6 Å². The molecule has 2 aliphatic heterocycles. The van der Waals surface area contributed by atoms with Crippen molar-refractivity contribution in [2.75, 3.05) is 66.6 Å². The summed E-state index contributed by atoms with van der Waals surface area (Å²) >= 11 is 0. The van der Waals surface area contributed by atoms with Crippen LogP contribution < -0.4 is 15.0 Å². The molecule has 2 heterocycles. The summed E-state index contributed by atoms with van der Waals surface area (Å²) in [6, 6.07) is 4.35. The van der Waals surface area contributed by atoms with E-state index in [9.17, 15) is 13.2 Å². The fourth-order valence-electron chi connectivity index (χ4n) is 6.70. The Morgan fingerprint density at radius 3 is 2.28 bits per heavy atom. The number of carbonyl (C=O) groups excluding carboxylic acids is 1. The first-order valence-corrected chi connectivity index (χ1v) is 16.2. The molecule has 0 unspecified atom stereocenters. The van der Waals surface area contributed by atoms with E-state index in [1.807, 2.05) is 0 Å². The molecule has 9 nitrogen and oxygen atoms in total. The van der Waals surface area contributed by atoms with Gasteiger partial charge in [-0.25, -0.2) is 12.7 Å². The van der Waals surface area contributed by atoms with Crippen LogP contribution in [-0.2, 0) is 19.6 Å². The molecule has 1 aromatic carbocycles. The number of hydrogen-bond donors (Lipinski definition) is 2. The molecule has 1 aromatic rings. The minimum Gasteiger partial charge on any atom is -0.497 e. The SMILES string of the molecule is COc1cc(C)c(S(=O)(=O)N(C)CCC(=O)NC2CCC([NH+]3CCC(CN4CCOCC4)CC3)CC2)c(C)c1. The number of methoxy groups -OCH3 is 1. The highest BCUT2D eigenvalue weighted by Crippen LogP contribution is 2.28. The Kier molecular flexibility index (Phi) is 10.7. The number of likely N-dealkylation sites (tertiary alicyclic amines) is 1. The molecule has 1 aliphatic carbocycles. The van der Waals surface area contributed by atoms with Gasteiger partial charge in [-0.15, -0.1) is 0 Å². The number of rotatable bonds is 10. The number of aryl methyl sites for hydroxylation is 2. The van der Waals surface area contributed by atoms with Gasteiger partial charge in [0.25, 0.3) is 0 Å². The molecule has 10 heteroatoms. The lowest BCUT2D eigenvalue weighted by molar-refractivity contribution is -0.932. The van der Waals surface area contributed by atoms with Crippen LogP contribution in [0.1, 0.15) is 56.1 Å². The van der Waals surface area contributed by atoms with Gasteiger partial charge in [0.05, 0.1) is 44.4 Å². The van der Waals surface area contributed by atoms with Crippen molar-refractivity contribution in [3.8, 4) is 5.75 Å². The third-order valence-corrected chi connectivity index (χ3v) is 11.2. The molecule has 0 aromatic heterocycles. The Balaban J connectivity index is 1.16. The quantitative estimate of drug-likeness (QED) is 0.446. The summed E-state index contributed by atoms with van der Waals surface area (Å²) in [7, 11) is -0.587. The molecular weight excluding hydrogens is 516 g/mol. The Morgan fingerprint density at radius 2 is 1.69 bits per heavy atom. The molecule has 0 radical (unpaired) electrons. The van der Waals surface area contributed by atoms with Gasteiger partial charge in [0, 0.05) is 71.4 Å². The minimum absolute atomic E-state index is 0.0695. The zero-order valence-corrected chi connectivity index (χ0v) is 25.2. The van der Waals surface area contributed by atoms with Crippen LogP contribution in [0.3, 0.4) is 0 Å². The van der Waals surface area contributed by atoms with Crippen LogP contribution in [0.15, 0.2) is 17.0 Å². The average molecular weight is 566 g/mol. The van der Waals surface area contributed by atoms with Gasteiger partial charge in [-0.1, -0.05) is 0 Å². The Hall–Kier alpha value is -1.72. The van der Waals surface area contributed by atoms with Crippen molar-refractivity contribution < 1.29 is 27.6 Å². The smallest absolute Gasteiger partial charge is 0.243 e. The maximum absolute atomic E-state index is 13.2. The first-order valence-electron chi connectivity index (χ1n) is 14.7. The van der Waals surface area contributed by atoms with Gasteiger partial charge in [-0.3, -0.25) is 9.69 Å². The monoisotopic (exact) mass is 565 g/mol. The second kappa shape index (κ2) is 13.8. The lowest BCUT2D eigenvalue weighted by Crippen LogP contribution is -3.17. The number of hydrogen-bond acceptors (Lipinski definition) is 6. The van der Waals surface area contributed by atoms with E-state index in [0.29, 0.717) is 22.9 Å². The van der Waals surface area contributed by atoms with Gasteiger partial charge < -0.3 is 19.7 Å². The van der Waals surface area contributed by atoms with E-state index >= 15 is 0 Å². The van der Waals surface area contributed by atoms with Crippen LogP contribution in [0.4, 0.5) is 0 Å². The third kappa shape index (κ3) is 7.94. The van der Waals surface area contributed by atoms with Crippen molar-refractivity contribution in [1.29, 1.82) is 0 Å². The average Bonchev–Trinajstić information content (AvgIpc) is 2.92. The highest BCUT2D eigenvalue weighted by molar-refractivity contribution is 7.89. The van der Waals surface area contributed by atoms with E-state index in [2.05, 4.69) is 10.2 Å². The van der Waals surface area contributed by atoms with E-state index in [4.69, 9.17) is 9.47 Å². The highest BCUT2D eigenvalue weighted by Gasteiger charge is 2.33. The maximum atomic E-state index is 13.2. The Morgan fingerprint density at radius 1 is 1.08 bits per heavy atom. The summed E-state index contributed by atoms with van der Waals surface area (Å²) in [5.74, 6) is 1.39. The molecule has 0 spiro atoms. The van der Waals surface area contributed by atoms with Crippen molar-refractivity contribution in [3.63, 3.8) is 0 Å². The van der Waals surface area contributed by atoms with Gasteiger partial charge in [-0.05, 0) is 55.9 Å². The fourth-order valence-corrected chi connectivity index (χ4v) is 8.28. The van der Waals surface area contributed by atoms with E-state index < -0.39 is 10.0 Å². The zero-order chi connectivity index (χ0) is 28.0. The largest absolute Gasteiger partial charge is 0.497 e. The van der Waals surface area contributed by atoms with Gasteiger partial charge in [-0.2, -0.15) is 0 Å². The molecule has 3 fully saturated rings. The predicted octanol–water partition coefficient (Wildman–Crippen LogP) is 1.38. The van der Waals surface area contributed by atoms with E-state index in [1.165, 1.54) is 36.8 Å². The number of sulfonamides is 1. The molecule has 2 N–H and O–H groups in total. The summed E-state index contributed by atoms with van der Waals surface area (Å²) in [6.07, 6.45) is 7.11. The van der Waals surface area contributed by atoms with Crippen LogP contribution in [0, 0.1) is 19.8 Å². The van der Waals surface area contributed by atoms with Crippen LogP contribution in [-0.4, -0.2) is 102 Å². The number of ether oxygens (including phenoxy) is 2. The lowest BCUT2D eigenvalue weighted by atomic mass is 9.87. The molecule has 1 saturated carbocycles. The van der Waals surface area contributed by atoms with Gasteiger partial charge in [0.2, 0.25) is 15.9 Å². The number of morpholine rings is 1. The minimum atomic E-state index is -3.70. The van der Waals surface area contributed by atoms with Gasteiger partial charge in [0.15, 0.2) is 0 Å². The number of benzene rings is 1. The van der Waals surface area contributed by atoms with Crippen LogP contribution in [0.5, 0.6) is 5.75 Å². The fraction of sp³-hybridized carbons (Fsp3) is 0.759. The predicted molar refractivity (Wildman–Crippen MR) is 152 cm³/mol. The molecule has 3 aliphatic rings. The van der Waals surface area contributed by atoms with Gasteiger partial charge in [0.1, 0.15) is 5.75 Å². The molecule has 220 valence electrons. The normalized spacial score (nSPS) is 26.9. The molecular formula is C29H49N4O5S+. The molecule has 0 bridgehead atoms. The number of piperidine rings is 1. The highest BCUT2D eigenvalue weighted by atomic mass is 32.2.